The summed E-state index contributed by atoms with van der Waals surface area (Å²) in [6.07, 6.45) is -0.272. The van der Waals surface area contributed by atoms with Gasteiger partial charge >= 0.3 is 0 Å². The van der Waals surface area contributed by atoms with E-state index in [1.165, 1.54) is 0 Å². The highest BCUT2D eigenvalue weighted by molar-refractivity contribution is 7.62. The quantitative estimate of drug-likeness (QED) is 0.374. The first-order valence-electron chi connectivity index (χ1n) is 5.23. The van der Waals surface area contributed by atoms with Gasteiger partial charge in [0.2, 0.25) is 0 Å². The molecule has 6 heteroatoms. The molecule has 0 aromatic carbocycles. The molecule has 0 aromatic rings. The number of fused-ring (bicyclic) bond motifs is 1. The molecule has 0 aliphatic carbocycles. The Labute approximate surface area is 90.3 Å². The van der Waals surface area contributed by atoms with Gasteiger partial charge in [-0.1, -0.05) is 13.8 Å². The van der Waals surface area contributed by atoms with Crippen molar-refractivity contribution in [3.05, 3.63) is 0 Å². The fraction of sp³-hybridized carbons (Fsp3) is 1.00. The number of hydrogen-bond donors (Lipinski definition) is 3. The van der Waals surface area contributed by atoms with Crippen LogP contribution >= 0.6 is 8.15 Å². The Kier molecular flexibility index (Phi) is 3.31. The van der Waals surface area contributed by atoms with Crippen LogP contribution in [0.4, 0.5) is 0 Å². The fourth-order valence-corrected chi connectivity index (χ4v) is 4.72. The normalized spacial score (nSPS) is 49.2. The number of hydrogen-bond acceptors (Lipinski definition) is 5. The van der Waals surface area contributed by atoms with Crippen LogP contribution in [0.3, 0.4) is 0 Å². The molecule has 6 unspecified atom stereocenters. The molecule has 2 aliphatic rings. The number of aliphatic hydroxyl groups is 1. The molecule has 0 spiro atoms. The van der Waals surface area contributed by atoms with Crippen molar-refractivity contribution in [2.24, 2.45) is 11.7 Å². The smallest absolute Gasteiger partial charge is 0.0907 e. The second-order valence-corrected chi connectivity index (χ2v) is 6.64. The van der Waals surface area contributed by atoms with Crippen LogP contribution in [-0.2, 0) is 9.41 Å². The van der Waals surface area contributed by atoms with E-state index in [0.29, 0.717) is 5.92 Å². The van der Waals surface area contributed by atoms with E-state index in [-0.39, 0.29) is 36.2 Å². The van der Waals surface area contributed by atoms with E-state index in [2.05, 4.69) is 4.67 Å². The van der Waals surface area contributed by atoms with Gasteiger partial charge in [0.05, 0.1) is 27.0 Å². The summed E-state index contributed by atoms with van der Waals surface area (Å²) in [5.41, 5.74) is 6.36. The summed E-state index contributed by atoms with van der Waals surface area (Å²) < 4.78 is 10.2. The molecule has 15 heavy (non-hydrogen) atoms. The lowest BCUT2D eigenvalue weighted by Gasteiger charge is -2.34. The molecule has 6 atom stereocenters. The van der Waals surface area contributed by atoms with Gasteiger partial charge in [0.15, 0.2) is 0 Å². The Balaban J connectivity index is 2.10. The topological polar surface area (TPSA) is 84.9 Å². The van der Waals surface area contributed by atoms with Crippen LogP contribution in [0.2, 0.25) is 0 Å². The van der Waals surface area contributed by atoms with Gasteiger partial charge in [-0.2, -0.15) is 0 Å². The molecule has 0 radical (unpaired) electrons. The minimum absolute atomic E-state index is 0.0285. The Hall–Kier alpha value is 0.230. The monoisotopic (exact) mass is 235 g/mol. The SMILES string of the molecule is CC(C)C1OC(CO)C2C(C1N)P2OO. The third kappa shape index (κ3) is 1.82. The van der Waals surface area contributed by atoms with Crippen molar-refractivity contribution in [1.29, 1.82) is 0 Å². The molecule has 2 rings (SSSR count). The van der Waals surface area contributed by atoms with E-state index < -0.39 is 8.15 Å². The summed E-state index contributed by atoms with van der Waals surface area (Å²) >= 11 is 0. The zero-order valence-electron chi connectivity index (χ0n) is 8.91. The van der Waals surface area contributed by atoms with Crippen molar-refractivity contribution in [2.75, 3.05) is 6.61 Å². The first-order chi connectivity index (χ1) is 7.11. The Bertz CT molecular complexity index is 240. The summed E-state index contributed by atoms with van der Waals surface area (Å²) in [6, 6.07) is -0.0870. The van der Waals surface area contributed by atoms with E-state index in [1.54, 1.807) is 0 Å². The average molecular weight is 235 g/mol. The van der Waals surface area contributed by atoms with Crippen LogP contribution in [0.25, 0.3) is 0 Å². The predicted molar refractivity (Wildman–Crippen MR) is 56.8 cm³/mol. The molecule has 88 valence electrons. The second kappa shape index (κ2) is 4.24. The minimum Gasteiger partial charge on any atom is -0.394 e. The molecule has 2 aliphatic heterocycles. The lowest BCUT2D eigenvalue weighted by atomic mass is 9.92. The van der Waals surface area contributed by atoms with Gasteiger partial charge < -0.3 is 15.6 Å². The van der Waals surface area contributed by atoms with Crippen LogP contribution in [0.5, 0.6) is 0 Å². The Morgan fingerprint density at radius 1 is 1.47 bits per heavy atom. The molecular weight excluding hydrogens is 217 g/mol. The van der Waals surface area contributed by atoms with E-state index in [0.717, 1.165) is 0 Å². The van der Waals surface area contributed by atoms with E-state index in [1.807, 2.05) is 13.8 Å². The maximum absolute atomic E-state index is 9.19. The second-order valence-electron chi connectivity index (χ2n) is 4.57. The van der Waals surface area contributed by atoms with Crippen molar-refractivity contribution in [1.82, 2.24) is 0 Å². The molecule has 0 bridgehead atoms. The average Bonchev–Trinajstić information content (AvgIpc) is 2.93. The molecule has 0 saturated carbocycles. The van der Waals surface area contributed by atoms with Gasteiger partial charge in [0, 0.05) is 17.4 Å². The third-order valence-electron chi connectivity index (χ3n) is 3.27. The summed E-state index contributed by atoms with van der Waals surface area (Å²) in [4.78, 5) is 0. The van der Waals surface area contributed by atoms with E-state index >= 15 is 0 Å². The van der Waals surface area contributed by atoms with Gasteiger partial charge in [0.25, 0.3) is 0 Å². The molecule has 2 saturated heterocycles. The number of aliphatic hydroxyl groups excluding tert-OH is 1. The largest absolute Gasteiger partial charge is 0.394 e. The van der Waals surface area contributed by atoms with Gasteiger partial charge in [0.1, 0.15) is 0 Å². The summed E-state index contributed by atoms with van der Waals surface area (Å²) in [5.74, 6) is 0.311. The van der Waals surface area contributed by atoms with E-state index in [4.69, 9.17) is 15.7 Å². The lowest BCUT2D eigenvalue weighted by Crippen LogP contribution is -2.52. The number of ether oxygens (including phenoxy) is 1. The summed E-state index contributed by atoms with van der Waals surface area (Å²) in [5, 5.41) is 17.9. The van der Waals surface area contributed by atoms with Crippen LogP contribution in [0, 0.1) is 5.92 Å². The zero-order valence-corrected chi connectivity index (χ0v) is 9.80. The van der Waals surface area contributed by atoms with E-state index in [9.17, 15) is 5.11 Å². The molecule has 2 fully saturated rings. The Morgan fingerprint density at radius 3 is 2.60 bits per heavy atom. The molecule has 4 N–H and O–H groups in total. The van der Waals surface area contributed by atoms with Gasteiger partial charge in [-0.05, 0) is 5.92 Å². The highest BCUT2D eigenvalue weighted by Gasteiger charge is 2.64. The van der Waals surface area contributed by atoms with Crippen LogP contribution in [-0.4, -0.2) is 46.5 Å². The van der Waals surface area contributed by atoms with Crippen molar-refractivity contribution in [3.8, 4) is 0 Å². The van der Waals surface area contributed by atoms with Gasteiger partial charge in [-0.15, -0.1) is 0 Å². The molecule has 0 aromatic heterocycles. The van der Waals surface area contributed by atoms with Crippen LogP contribution in [0.1, 0.15) is 13.8 Å². The zero-order chi connectivity index (χ0) is 11.2. The molecule has 0 amide bonds. The van der Waals surface area contributed by atoms with Crippen molar-refractivity contribution in [2.45, 2.75) is 43.4 Å². The fourth-order valence-electron chi connectivity index (χ4n) is 2.46. The van der Waals surface area contributed by atoms with Crippen LogP contribution < -0.4 is 5.73 Å². The van der Waals surface area contributed by atoms with Gasteiger partial charge in [-0.3, -0.25) is 0 Å². The highest BCUT2D eigenvalue weighted by Crippen LogP contribution is 2.71. The maximum Gasteiger partial charge on any atom is 0.0907 e. The third-order valence-corrected chi connectivity index (χ3v) is 5.60. The molecule has 2 heterocycles. The van der Waals surface area contributed by atoms with Crippen molar-refractivity contribution >= 4 is 8.15 Å². The first kappa shape index (κ1) is 11.7. The first-order valence-corrected chi connectivity index (χ1v) is 6.63. The van der Waals surface area contributed by atoms with Crippen LogP contribution in [0.15, 0.2) is 0 Å². The standard InChI is InChI=1S/C9H18NO4P/c1-4(2)7-6(10)9-8(15(9)14-12)5(3-11)13-7/h4-9,11-12H,3,10H2,1-2H3. The molecule has 5 nitrogen and oxygen atoms in total. The predicted octanol–water partition coefficient (Wildman–Crippen LogP) is 0.367. The highest BCUT2D eigenvalue weighted by atomic mass is 31.2. The number of nitrogens with two attached hydrogens (primary N) is 1. The van der Waals surface area contributed by atoms with Crippen molar-refractivity contribution < 1.29 is 19.8 Å². The van der Waals surface area contributed by atoms with Crippen molar-refractivity contribution in [3.63, 3.8) is 0 Å². The number of rotatable bonds is 3. The molecular formula is C9H18NO4P. The minimum atomic E-state index is -0.903. The lowest BCUT2D eigenvalue weighted by molar-refractivity contribution is -0.125. The maximum atomic E-state index is 9.19. The Morgan fingerprint density at radius 2 is 2.13 bits per heavy atom. The summed E-state index contributed by atoms with van der Waals surface area (Å²) in [7, 11) is -0.903. The van der Waals surface area contributed by atoms with Gasteiger partial charge in [-0.25, -0.2) is 9.93 Å². The summed E-state index contributed by atoms with van der Waals surface area (Å²) in [6.45, 7) is 4.06.